The fraction of sp³-hybridized carbons (Fsp3) is 0.351. The van der Waals surface area contributed by atoms with Crippen molar-refractivity contribution in [2.75, 3.05) is 34.2 Å². The van der Waals surface area contributed by atoms with E-state index in [-0.39, 0.29) is 37.6 Å². The van der Waals surface area contributed by atoms with Crippen LogP contribution in [0.1, 0.15) is 46.8 Å². The second-order valence-electron chi connectivity index (χ2n) is 12.4. The SMILES string of the molecule is CCN1C2Cc3cc(OC)c(OC)cc3C1C1Cc3cc4c(cc3C(COC(=O)C=Cc3c[nH]c5ccccc35)N1C2C#N)OCO4. The van der Waals surface area contributed by atoms with Gasteiger partial charge in [0.2, 0.25) is 6.79 Å². The number of piperazine rings is 1. The van der Waals surface area contributed by atoms with Crippen molar-refractivity contribution in [1.29, 1.82) is 5.26 Å². The van der Waals surface area contributed by atoms with Crippen molar-refractivity contribution in [2.45, 2.75) is 50.0 Å². The molecule has 3 aromatic carbocycles. The topological polar surface area (TPSA) is 109 Å². The maximum Gasteiger partial charge on any atom is 0.330 e. The lowest BCUT2D eigenvalue weighted by Gasteiger charge is -2.60. The van der Waals surface area contributed by atoms with Crippen LogP contribution in [0.4, 0.5) is 0 Å². The van der Waals surface area contributed by atoms with Gasteiger partial charge in [0, 0.05) is 40.8 Å². The molecule has 0 spiro atoms. The van der Waals surface area contributed by atoms with E-state index in [1.807, 2.05) is 36.5 Å². The smallest absolute Gasteiger partial charge is 0.330 e. The molecule has 47 heavy (non-hydrogen) atoms. The zero-order valence-electron chi connectivity index (χ0n) is 26.6. The van der Waals surface area contributed by atoms with Crippen molar-refractivity contribution >= 4 is 22.9 Å². The van der Waals surface area contributed by atoms with Gasteiger partial charge in [-0.3, -0.25) is 9.80 Å². The fourth-order valence-corrected chi connectivity index (χ4v) is 8.28. The highest BCUT2D eigenvalue weighted by atomic mass is 16.7. The van der Waals surface area contributed by atoms with Crippen LogP contribution in [0.5, 0.6) is 23.0 Å². The maximum atomic E-state index is 13.2. The number of benzene rings is 3. The predicted molar refractivity (Wildman–Crippen MR) is 174 cm³/mol. The highest BCUT2D eigenvalue weighted by Gasteiger charge is 2.55. The highest BCUT2D eigenvalue weighted by molar-refractivity contribution is 5.94. The molecule has 5 atom stereocenters. The number of H-pyrrole nitrogens is 1. The molecule has 8 rings (SSSR count). The van der Waals surface area contributed by atoms with Crippen molar-refractivity contribution in [2.24, 2.45) is 0 Å². The molecule has 10 nitrogen and oxygen atoms in total. The van der Waals surface area contributed by atoms with Crippen molar-refractivity contribution in [3.63, 3.8) is 0 Å². The van der Waals surface area contributed by atoms with Crippen LogP contribution in [0.15, 0.2) is 60.8 Å². The third-order valence-corrected chi connectivity index (χ3v) is 10.3. The summed E-state index contributed by atoms with van der Waals surface area (Å²) in [4.78, 5) is 21.2. The van der Waals surface area contributed by atoms with Crippen LogP contribution in [0.3, 0.4) is 0 Å². The fourth-order valence-electron chi connectivity index (χ4n) is 8.28. The Balaban J connectivity index is 1.18. The number of carbonyl (C=O) groups is 1. The Bertz CT molecular complexity index is 1940. The number of ether oxygens (including phenoxy) is 5. The van der Waals surface area contributed by atoms with Gasteiger partial charge in [-0.1, -0.05) is 25.1 Å². The van der Waals surface area contributed by atoms with Crippen LogP contribution in [0.25, 0.3) is 17.0 Å². The Morgan fingerprint density at radius 3 is 2.55 bits per heavy atom. The number of aromatic nitrogens is 1. The van der Waals surface area contributed by atoms with Gasteiger partial charge >= 0.3 is 5.97 Å². The summed E-state index contributed by atoms with van der Waals surface area (Å²) in [7, 11) is 3.30. The van der Waals surface area contributed by atoms with Gasteiger partial charge < -0.3 is 28.7 Å². The first-order valence-corrected chi connectivity index (χ1v) is 16.0. The Labute approximate surface area is 273 Å². The van der Waals surface area contributed by atoms with Crippen LogP contribution < -0.4 is 18.9 Å². The van der Waals surface area contributed by atoms with E-state index in [1.54, 1.807) is 20.3 Å². The molecule has 1 fully saturated rings. The Kier molecular flexibility index (Phi) is 7.31. The van der Waals surface area contributed by atoms with E-state index in [9.17, 15) is 10.1 Å². The van der Waals surface area contributed by atoms with Crippen LogP contribution in [-0.4, -0.2) is 73.0 Å². The van der Waals surface area contributed by atoms with Crippen LogP contribution in [0.2, 0.25) is 0 Å². The normalized spacial score (nSPS) is 24.3. The van der Waals surface area contributed by atoms with Gasteiger partial charge in [-0.05, 0) is 78.0 Å². The van der Waals surface area contributed by atoms with E-state index in [2.05, 4.69) is 46.0 Å². The molecule has 1 saturated heterocycles. The van der Waals surface area contributed by atoms with E-state index in [1.165, 1.54) is 17.2 Å². The number of esters is 1. The monoisotopic (exact) mass is 632 g/mol. The first-order valence-electron chi connectivity index (χ1n) is 16.0. The standard InChI is InChI=1S/C37H36N4O6/c1-4-40-28-11-23-13-32(43-2)33(44-3)16-26(23)37(40)29-12-22-14-34-35(47-20-46-34)15-25(22)31(41(29)30(28)17-38)19-45-36(42)10-9-21-18-39-27-8-6-5-7-24(21)27/h5-10,13-16,18,28-31,37,39H,4,11-12,19-20H2,1-3H3. The number of fused-ring (bicyclic) bond motifs is 9. The Hall–Kier alpha value is -4.98. The first kappa shape index (κ1) is 29.4. The Morgan fingerprint density at radius 1 is 1.02 bits per heavy atom. The molecule has 2 bridgehead atoms. The van der Waals surface area contributed by atoms with Gasteiger partial charge in [-0.2, -0.15) is 5.26 Å². The highest BCUT2D eigenvalue weighted by Crippen LogP contribution is 2.53. The summed E-state index contributed by atoms with van der Waals surface area (Å²) >= 11 is 0. The molecule has 4 aliphatic rings. The molecule has 5 unspecified atom stereocenters. The third kappa shape index (κ3) is 4.72. The summed E-state index contributed by atoms with van der Waals surface area (Å²) in [5.41, 5.74) is 6.35. The average molecular weight is 633 g/mol. The van der Waals surface area contributed by atoms with E-state index in [0.717, 1.165) is 34.1 Å². The number of carbonyl (C=O) groups excluding carboxylic acids is 1. The third-order valence-electron chi connectivity index (χ3n) is 10.3. The molecule has 240 valence electrons. The predicted octanol–water partition coefficient (Wildman–Crippen LogP) is 5.33. The number of aromatic amines is 1. The number of hydrogen-bond acceptors (Lipinski definition) is 9. The van der Waals surface area contributed by atoms with Gasteiger partial charge in [0.25, 0.3) is 0 Å². The summed E-state index contributed by atoms with van der Waals surface area (Å²) in [6, 6.07) is 17.9. The molecule has 0 aliphatic carbocycles. The molecule has 4 aromatic rings. The molecular weight excluding hydrogens is 596 g/mol. The first-order chi connectivity index (χ1) is 23.0. The van der Waals surface area contributed by atoms with Gasteiger partial charge in [-0.25, -0.2) is 4.79 Å². The largest absolute Gasteiger partial charge is 0.493 e. The van der Waals surface area contributed by atoms with Crippen molar-refractivity contribution in [3.8, 4) is 29.1 Å². The summed E-state index contributed by atoms with van der Waals surface area (Å²) in [6.07, 6.45) is 6.51. The van der Waals surface area contributed by atoms with Crippen molar-refractivity contribution in [1.82, 2.24) is 14.8 Å². The van der Waals surface area contributed by atoms with Crippen molar-refractivity contribution in [3.05, 3.63) is 88.6 Å². The van der Waals surface area contributed by atoms with Crippen molar-refractivity contribution < 1.29 is 28.5 Å². The van der Waals surface area contributed by atoms with Gasteiger partial charge in [0.15, 0.2) is 23.0 Å². The number of likely N-dealkylation sites (N-methyl/N-ethyl adjacent to an activating group) is 1. The van der Waals surface area contributed by atoms with E-state index >= 15 is 0 Å². The second-order valence-corrected chi connectivity index (χ2v) is 12.4. The molecule has 0 radical (unpaired) electrons. The van der Waals surface area contributed by atoms with Gasteiger partial charge in [0.05, 0.1) is 32.4 Å². The lowest BCUT2D eigenvalue weighted by atomic mass is 9.72. The lowest BCUT2D eigenvalue weighted by Crippen LogP contribution is -2.69. The van der Waals surface area contributed by atoms with E-state index < -0.39 is 12.0 Å². The number of nitrogens with zero attached hydrogens (tertiary/aromatic N) is 3. The molecule has 10 heteroatoms. The van der Waals surface area contributed by atoms with Gasteiger partial charge in [0.1, 0.15) is 12.6 Å². The number of hydrogen-bond donors (Lipinski definition) is 1. The summed E-state index contributed by atoms with van der Waals surface area (Å²) in [5, 5.41) is 11.9. The molecule has 5 heterocycles. The number of methoxy groups -OCH3 is 2. The number of rotatable bonds is 7. The van der Waals surface area contributed by atoms with Crippen LogP contribution in [-0.2, 0) is 22.4 Å². The summed E-state index contributed by atoms with van der Waals surface area (Å²) in [5.74, 6) is 2.31. The zero-order chi connectivity index (χ0) is 32.2. The minimum absolute atomic E-state index is 0.0169. The molecular formula is C37H36N4O6. The zero-order valence-corrected chi connectivity index (χ0v) is 26.6. The number of nitriles is 1. The molecule has 1 N–H and O–H groups in total. The molecule has 0 saturated carbocycles. The number of para-hydroxylation sites is 1. The molecule has 4 aliphatic heterocycles. The minimum Gasteiger partial charge on any atom is -0.493 e. The van der Waals surface area contributed by atoms with E-state index in [4.69, 9.17) is 23.7 Å². The minimum atomic E-state index is -0.443. The average Bonchev–Trinajstić information content (AvgIpc) is 3.74. The van der Waals surface area contributed by atoms with Crippen LogP contribution in [0, 0.1) is 11.3 Å². The molecule has 0 amide bonds. The second kappa shape index (κ2) is 11.7. The number of nitrogens with one attached hydrogen (secondary N) is 1. The van der Waals surface area contributed by atoms with Crippen LogP contribution >= 0.6 is 0 Å². The summed E-state index contributed by atoms with van der Waals surface area (Å²) < 4.78 is 29.0. The summed E-state index contributed by atoms with van der Waals surface area (Å²) in [6.45, 7) is 3.19. The van der Waals surface area contributed by atoms with Gasteiger partial charge in [-0.15, -0.1) is 0 Å². The lowest BCUT2D eigenvalue weighted by molar-refractivity contribution is -0.143. The molecule has 1 aromatic heterocycles. The Morgan fingerprint density at radius 2 is 1.77 bits per heavy atom. The van der Waals surface area contributed by atoms with E-state index in [0.29, 0.717) is 35.8 Å². The maximum absolute atomic E-state index is 13.2. The quantitative estimate of drug-likeness (QED) is 0.214.